The zero-order valence-corrected chi connectivity index (χ0v) is 14.5. The molecule has 0 unspecified atom stereocenters. The lowest BCUT2D eigenvalue weighted by Crippen LogP contribution is -2.38. The van der Waals surface area contributed by atoms with Gasteiger partial charge in [0.2, 0.25) is 0 Å². The van der Waals surface area contributed by atoms with Crippen molar-refractivity contribution in [2.75, 3.05) is 6.61 Å². The second kappa shape index (κ2) is 6.65. The van der Waals surface area contributed by atoms with Crippen molar-refractivity contribution in [3.05, 3.63) is 47.5 Å². The molecular weight excluding hydrogens is 300 g/mol. The van der Waals surface area contributed by atoms with Crippen LogP contribution in [-0.2, 0) is 4.79 Å². The van der Waals surface area contributed by atoms with Gasteiger partial charge in [-0.15, -0.1) is 0 Å². The van der Waals surface area contributed by atoms with Crippen LogP contribution in [0.15, 0.2) is 42.0 Å². The van der Waals surface area contributed by atoms with Crippen LogP contribution in [0.4, 0.5) is 0 Å². The second-order valence-corrected chi connectivity index (χ2v) is 6.66. The molecule has 1 aliphatic heterocycles. The van der Waals surface area contributed by atoms with Gasteiger partial charge in [0.05, 0.1) is 12.1 Å². The molecule has 3 rings (SSSR count). The lowest BCUT2D eigenvalue weighted by Gasteiger charge is -2.17. The molecule has 1 heterocycles. The summed E-state index contributed by atoms with van der Waals surface area (Å²) in [6.45, 7) is 6.85. The summed E-state index contributed by atoms with van der Waals surface area (Å²) < 4.78 is 5.93. The smallest absolute Gasteiger partial charge is 0.263 e. The molecule has 24 heavy (non-hydrogen) atoms. The fraction of sp³-hybridized carbons (Fsp3) is 0.350. The molecule has 0 bridgehead atoms. The first-order valence-corrected chi connectivity index (χ1v) is 8.47. The highest BCUT2D eigenvalue weighted by Crippen LogP contribution is 2.31. The molecule has 0 saturated carbocycles. The van der Waals surface area contributed by atoms with Crippen molar-refractivity contribution in [2.45, 2.75) is 39.2 Å². The highest BCUT2D eigenvalue weighted by atomic mass is 16.5. The number of carbonyl (C=O) groups excluding carboxylic acids is 1. The number of hydrogen-bond donors (Lipinski definition) is 2. The third-order valence-electron chi connectivity index (χ3n) is 4.38. The van der Waals surface area contributed by atoms with E-state index < -0.39 is 5.54 Å². The lowest BCUT2D eigenvalue weighted by atomic mass is 9.92. The third-order valence-corrected chi connectivity index (χ3v) is 4.38. The fourth-order valence-corrected chi connectivity index (χ4v) is 2.92. The number of amides is 1. The van der Waals surface area contributed by atoms with Crippen molar-refractivity contribution in [1.82, 2.24) is 10.9 Å². The van der Waals surface area contributed by atoms with Gasteiger partial charge < -0.3 is 4.74 Å². The molecule has 2 aromatic carbocycles. The van der Waals surface area contributed by atoms with Gasteiger partial charge in [-0.3, -0.25) is 10.2 Å². The normalized spacial score (nSPS) is 18.1. The Kier molecular flexibility index (Phi) is 4.58. The first-order valence-electron chi connectivity index (χ1n) is 8.47. The summed E-state index contributed by atoms with van der Waals surface area (Å²) in [5, 5.41) is 2.17. The monoisotopic (exact) mass is 324 g/mol. The van der Waals surface area contributed by atoms with Crippen molar-refractivity contribution in [1.29, 1.82) is 0 Å². The van der Waals surface area contributed by atoms with Crippen LogP contribution in [0.2, 0.25) is 0 Å². The molecule has 1 aliphatic rings. The largest absolute Gasteiger partial charge is 0.493 e. The number of rotatable bonds is 5. The minimum absolute atomic E-state index is 0.0765. The van der Waals surface area contributed by atoms with Crippen molar-refractivity contribution < 1.29 is 9.53 Å². The zero-order valence-electron chi connectivity index (χ0n) is 14.5. The van der Waals surface area contributed by atoms with Gasteiger partial charge in [0.15, 0.2) is 0 Å². The van der Waals surface area contributed by atoms with Crippen LogP contribution < -0.4 is 15.6 Å². The lowest BCUT2D eigenvalue weighted by molar-refractivity contribution is -0.116. The molecule has 4 nitrogen and oxygen atoms in total. The molecule has 0 spiro atoms. The zero-order chi connectivity index (χ0) is 17.2. The van der Waals surface area contributed by atoms with Gasteiger partial charge in [-0.1, -0.05) is 43.7 Å². The average Bonchev–Trinajstić information content (AvgIpc) is 2.82. The molecule has 0 aliphatic carbocycles. The van der Waals surface area contributed by atoms with E-state index in [1.165, 1.54) is 0 Å². The molecule has 126 valence electrons. The predicted octanol–water partition coefficient (Wildman–Crippen LogP) is 3.82. The Morgan fingerprint density at radius 3 is 2.58 bits per heavy atom. The standard InChI is InChI=1S/C20H24N2O2/c1-4-5-12-24-18-11-7-9-15-14(8-6-10-16(15)18)13-17-19(23)21-22-20(17,2)3/h6-11,13,22H,4-5,12H2,1-3H3,(H,21,23)/b17-13+. The summed E-state index contributed by atoms with van der Waals surface area (Å²) in [4.78, 5) is 12.1. The minimum atomic E-state index is -0.394. The summed E-state index contributed by atoms with van der Waals surface area (Å²) in [7, 11) is 0. The van der Waals surface area contributed by atoms with Crippen LogP contribution in [0, 0.1) is 0 Å². The highest BCUT2D eigenvalue weighted by Gasteiger charge is 2.34. The molecule has 4 heteroatoms. The second-order valence-electron chi connectivity index (χ2n) is 6.66. The van der Waals surface area contributed by atoms with Crippen molar-refractivity contribution in [3.63, 3.8) is 0 Å². The van der Waals surface area contributed by atoms with E-state index in [1.807, 2.05) is 44.2 Å². The predicted molar refractivity (Wildman–Crippen MR) is 97.7 cm³/mol. The van der Waals surface area contributed by atoms with Gasteiger partial charge in [-0.2, -0.15) is 0 Å². The molecule has 0 radical (unpaired) electrons. The van der Waals surface area contributed by atoms with Gasteiger partial charge in [-0.05, 0) is 43.4 Å². The van der Waals surface area contributed by atoms with E-state index in [0.717, 1.165) is 47.1 Å². The number of ether oxygens (including phenoxy) is 1. The summed E-state index contributed by atoms with van der Waals surface area (Å²) >= 11 is 0. The molecule has 1 amide bonds. The molecular formula is C20H24N2O2. The maximum Gasteiger partial charge on any atom is 0.263 e. The minimum Gasteiger partial charge on any atom is -0.493 e. The Balaban J connectivity index is 2.04. The number of nitrogens with one attached hydrogen (secondary N) is 2. The quantitative estimate of drug-likeness (QED) is 0.649. The molecule has 1 saturated heterocycles. The van der Waals surface area contributed by atoms with Gasteiger partial charge in [-0.25, -0.2) is 5.43 Å². The molecule has 0 aromatic heterocycles. The van der Waals surface area contributed by atoms with Gasteiger partial charge in [0.25, 0.3) is 5.91 Å². The van der Waals surface area contributed by atoms with Crippen LogP contribution in [0.1, 0.15) is 39.2 Å². The van der Waals surface area contributed by atoms with Crippen LogP contribution in [0.5, 0.6) is 5.75 Å². The topological polar surface area (TPSA) is 50.4 Å². The number of benzene rings is 2. The van der Waals surface area contributed by atoms with Crippen molar-refractivity contribution in [3.8, 4) is 5.75 Å². The van der Waals surface area contributed by atoms with Crippen LogP contribution in [0.25, 0.3) is 16.8 Å². The van der Waals surface area contributed by atoms with E-state index in [0.29, 0.717) is 0 Å². The Hall–Kier alpha value is -2.33. The number of hydrogen-bond acceptors (Lipinski definition) is 3. The Bertz CT molecular complexity index is 793. The molecule has 0 atom stereocenters. The van der Waals surface area contributed by atoms with Gasteiger partial charge in [0, 0.05) is 11.0 Å². The van der Waals surface area contributed by atoms with E-state index in [9.17, 15) is 4.79 Å². The van der Waals surface area contributed by atoms with E-state index >= 15 is 0 Å². The Morgan fingerprint density at radius 1 is 1.12 bits per heavy atom. The summed E-state index contributed by atoms with van der Waals surface area (Å²) in [6.07, 6.45) is 4.12. The molecule has 2 aromatic rings. The van der Waals surface area contributed by atoms with Crippen molar-refractivity contribution >= 4 is 22.8 Å². The van der Waals surface area contributed by atoms with Crippen LogP contribution in [0.3, 0.4) is 0 Å². The summed E-state index contributed by atoms with van der Waals surface area (Å²) in [5.41, 5.74) is 7.07. The summed E-state index contributed by atoms with van der Waals surface area (Å²) in [6, 6.07) is 12.2. The van der Waals surface area contributed by atoms with Crippen LogP contribution in [-0.4, -0.2) is 18.1 Å². The van der Waals surface area contributed by atoms with E-state index in [4.69, 9.17) is 4.74 Å². The van der Waals surface area contributed by atoms with E-state index in [2.05, 4.69) is 29.9 Å². The SMILES string of the molecule is CCCCOc1cccc2c(/C=C3\C(=O)NNC3(C)C)cccc12. The number of hydrazine groups is 1. The first kappa shape index (κ1) is 16.5. The number of fused-ring (bicyclic) bond motifs is 1. The Labute approximate surface area is 142 Å². The average molecular weight is 324 g/mol. The first-order chi connectivity index (χ1) is 11.5. The number of carbonyl (C=O) groups is 1. The number of unbranched alkanes of at least 4 members (excludes halogenated alkanes) is 1. The van der Waals surface area contributed by atoms with E-state index in [-0.39, 0.29) is 5.91 Å². The maximum absolute atomic E-state index is 12.1. The van der Waals surface area contributed by atoms with Crippen LogP contribution >= 0.6 is 0 Å². The molecule has 1 fully saturated rings. The van der Waals surface area contributed by atoms with E-state index in [1.54, 1.807) is 0 Å². The van der Waals surface area contributed by atoms with Gasteiger partial charge >= 0.3 is 0 Å². The Morgan fingerprint density at radius 2 is 1.88 bits per heavy atom. The van der Waals surface area contributed by atoms with Crippen molar-refractivity contribution in [2.24, 2.45) is 0 Å². The highest BCUT2D eigenvalue weighted by molar-refractivity contribution is 6.04. The maximum atomic E-state index is 12.1. The third kappa shape index (κ3) is 3.15. The molecule has 2 N–H and O–H groups in total. The fourth-order valence-electron chi connectivity index (χ4n) is 2.92. The van der Waals surface area contributed by atoms with Gasteiger partial charge in [0.1, 0.15) is 5.75 Å². The summed E-state index contributed by atoms with van der Waals surface area (Å²) in [5.74, 6) is 0.821.